The predicted octanol–water partition coefficient (Wildman–Crippen LogP) is -1.53. The van der Waals surface area contributed by atoms with Gasteiger partial charge in [-0.3, -0.25) is 4.79 Å². The molecule has 0 heterocycles. The monoisotopic (exact) mass is 206 g/mol. The number of nitrogens with zero attached hydrogens (tertiary/aromatic N) is 1. The minimum Gasteiger partial charge on any atom is -0.480 e. The Balaban J connectivity index is 4.63. The first-order valence-electron chi connectivity index (χ1n) is 3.28. The molecule has 0 aromatic heterocycles. The highest BCUT2D eigenvalue weighted by Crippen LogP contribution is 1.95. The molecule has 0 fully saturated rings. The summed E-state index contributed by atoms with van der Waals surface area (Å²) in [6.45, 7) is -0.914. The van der Waals surface area contributed by atoms with Crippen LogP contribution in [0.3, 0.4) is 0 Å². The van der Waals surface area contributed by atoms with Gasteiger partial charge in [-0.2, -0.15) is 12.7 Å². The van der Waals surface area contributed by atoms with Crippen LogP contribution in [0.5, 0.6) is 0 Å². The van der Waals surface area contributed by atoms with Gasteiger partial charge in [0.15, 0.2) is 0 Å². The van der Waals surface area contributed by atoms with E-state index < -0.39 is 22.7 Å². The molecule has 0 aliphatic rings. The molecule has 0 rings (SSSR count). The van der Waals surface area contributed by atoms with Crippen molar-refractivity contribution in [3.05, 3.63) is 0 Å². The maximum Gasteiger partial charge on any atom is 0.318 e. The average molecular weight is 206 g/mol. The number of nitrogens with one attached hydrogen (secondary N) is 1. The summed E-state index contributed by atoms with van der Waals surface area (Å²) < 4.78 is 24.8. The lowest BCUT2D eigenvalue weighted by Gasteiger charge is -2.15. The third-order valence-corrected chi connectivity index (χ3v) is 2.63. The van der Waals surface area contributed by atoms with Gasteiger partial charge in [0.05, 0.1) is 6.54 Å². The molecule has 0 aromatic rings. The molecule has 74 valence electrons. The van der Waals surface area contributed by atoms with Crippen molar-refractivity contribution in [1.82, 2.24) is 9.03 Å². The van der Waals surface area contributed by atoms with E-state index in [1.54, 1.807) is 0 Å². The number of hydrogen-bond donors (Lipinski definition) is 2. The Morgan fingerprint density at radius 2 is 2.23 bits per heavy atom. The lowest BCUT2D eigenvalue weighted by atomic mass is 10.6. The van der Waals surface area contributed by atoms with Gasteiger partial charge in [-0.05, 0) is 0 Å². The van der Waals surface area contributed by atoms with Crippen molar-refractivity contribution in [2.45, 2.75) is 0 Å². The number of hydrogen-bond acceptors (Lipinski definition) is 3. The third-order valence-electron chi connectivity index (χ3n) is 1.18. The topological polar surface area (TPSA) is 86.7 Å². The zero-order valence-corrected chi connectivity index (χ0v) is 7.84. The predicted molar refractivity (Wildman–Crippen MR) is 46.0 cm³/mol. The van der Waals surface area contributed by atoms with Gasteiger partial charge in [0.25, 0.3) is 10.2 Å². The summed E-state index contributed by atoms with van der Waals surface area (Å²) in [7, 11) is -2.58. The van der Waals surface area contributed by atoms with Gasteiger partial charge >= 0.3 is 5.97 Å². The minimum absolute atomic E-state index is 0.268. The molecule has 13 heavy (non-hydrogen) atoms. The van der Waals surface area contributed by atoms with Crippen molar-refractivity contribution in [3.63, 3.8) is 0 Å². The van der Waals surface area contributed by atoms with Gasteiger partial charge in [0.2, 0.25) is 0 Å². The first-order chi connectivity index (χ1) is 5.94. The van der Waals surface area contributed by atoms with Gasteiger partial charge in [-0.1, -0.05) is 5.92 Å². The fraction of sp³-hybridized carbons (Fsp3) is 0.500. The van der Waals surface area contributed by atoms with Crippen molar-refractivity contribution in [1.29, 1.82) is 0 Å². The van der Waals surface area contributed by atoms with Crippen LogP contribution in [0.1, 0.15) is 0 Å². The molecule has 6 nitrogen and oxygen atoms in total. The summed E-state index contributed by atoms with van der Waals surface area (Å²) in [5.74, 6) is 0.802. The van der Waals surface area contributed by atoms with E-state index in [0.717, 1.165) is 0 Å². The van der Waals surface area contributed by atoms with E-state index in [1.807, 2.05) is 4.72 Å². The number of terminal acetylenes is 1. The van der Waals surface area contributed by atoms with Crippen molar-refractivity contribution < 1.29 is 18.3 Å². The fourth-order valence-electron chi connectivity index (χ4n) is 0.608. The van der Waals surface area contributed by atoms with Crippen LogP contribution < -0.4 is 4.72 Å². The molecular formula is C6H10N2O4S. The van der Waals surface area contributed by atoms with Crippen LogP contribution in [0, 0.1) is 12.3 Å². The van der Waals surface area contributed by atoms with Crippen molar-refractivity contribution in [2.75, 3.05) is 20.1 Å². The summed E-state index contributed by atoms with van der Waals surface area (Å²) in [6.07, 6.45) is 4.88. The third kappa shape index (κ3) is 3.89. The van der Waals surface area contributed by atoms with E-state index in [2.05, 4.69) is 5.92 Å². The summed E-state index contributed by atoms with van der Waals surface area (Å²) in [4.78, 5) is 10.2. The number of carbonyl (C=O) groups is 1. The molecule has 0 unspecified atom stereocenters. The normalized spacial score (nSPS) is 11.2. The molecule has 2 N–H and O–H groups in total. The van der Waals surface area contributed by atoms with Crippen molar-refractivity contribution in [3.8, 4) is 12.3 Å². The van der Waals surface area contributed by atoms with E-state index in [-0.39, 0.29) is 6.54 Å². The largest absolute Gasteiger partial charge is 0.480 e. The molecule has 0 spiro atoms. The highest BCUT2D eigenvalue weighted by atomic mass is 32.2. The van der Waals surface area contributed by atoms with Crippen LogP contribution >= 0.6 is 0 Å². The summed E-state index contributed by atoms with van der Waals surface area (Å²) in [5.41, 5.74) is 0. The molecule has 0 saturated heterocycles. The Morgan fingerprint density at radius 1 is 1.69 bits per heavy atom. The number of carboxylic acids is 1. The van der Waals surface area contributed by atoms with Gasteiger partial charge in [0, 0.05) is 7.05 Å². The molecule has 0 aliphatic carbocycles. The molecule has 7 heteroatoms. The molecule has 0 amide bonds. The Morgan fingerprint density at radius 3 is 2.54 bits per heavy atom. The molecule has 0 aliphatic heterocycles. The zero-order chi connectivity index (χ0) is 10.5. The van der Waals surface area contributed by atoms with Crippen LogP contribution in [-0.2, 0) is 15.0 Å². The summed E-state index contributed by atoms with van der Waals surface area (Å²) >= 11 is 0. The van der Waals surface area contributed by atoms with Crippen LogP contribution in [0.4, 0.5) is 0 Å². The van der Waals surface area contributed by atoms with E-state index in [1.165, 1.54) is 7.05 Å². The smallest absolute Gasteiger partial charge is 0.318 e. The van der Waals surface area contributed by atoms with Gasteiger partial charge in [-0.15, -0.1) is 6.42 Å². The van der Waals surface area contributed by atoms with Crippen LogP contribution in [0.25, 0.3) is 0 Å². The molecule has 0 aromatic carbocycles. The molecule has 0 radical (unpaired) electrons. The number of rotatable bonds is 5. The molecular weight excluding hydrogens is 196 g/mol. The Kier molecular flexibility index (Phi) is 4.40. The lowest BCUT2D eigenvalue weighted by Crippen LogP contribution is -2.42. The van der Waals surface area contributed by atoms with Gasteiger partial charge in [0.1, 0.15) is 6.54 Å². The van der Waals surface area contributed by atoms with Gasteiger partial charge < -0.3 is 5.11 Å². The highest BCUT2D eigenvalue weighted by molar-refractivity contribution is 7.87. The van der Waals surface area contributed by atoms with Crippen molar-refractivity contribution >= 4 is 16.2 Å². The lowest BCUT2D eigenvalue weighted by molar-refractivity contribution is -0.137. The second-order valence-corrected chi connectivity index (χ2v) is 3.95. The highest BCUT2D eigenvalue weighted by Gasteiger charge is 2.21. The van der Waals surface area contributed by atoms with Gasteiger partial charge in [-0.25, -0.2) is 4.72 Å². The fourth-order valence-corrected chi connectivity index (χ4v) is 1.39. The molecule has 0 bridgehead atoms. The molecule has 0 atom stereocenters. The average Bonchev–Trinajstić information content (AvgIpc) is 2.03. The van der Waals surface area contributed by atoms with Crippen LogP contribution in [0.15, 0.2) is 0 Å². The summed E-state index contributed by atoms with van der Waals surface area (Å²) in [5, 5.41) is 8.37. The Labute approximate surface area is 76.7 Å². The summed E-state index contributed by atoms with van der Waals surface area (Å²) in [6, 6.07) is 0. The SMILES string of the molecule is C#CCN(CC(=O)O)S(=O)(=O)NC. The zero-order valence-electron chi connectivity index (χ0n) is 7.02. The standard InChI is InChI=1S/C6H10N2O4S/c1-3-4-8(5-6(9)10)13(11,12)7-2/h1,7H,4-5H2,2H3,(H,9,10). The first-order valence-corrected chi connectivity index (χ1v) is 4.72. The maximum absolute atomic E-state index is 11.1. The molecule has 0 saturated carbocycles. The minimum atomic E-state index is -3.76. The second-order valence-electron chi connectivity index (χ2n) is 2.08. The quantitative estimate of drug-likeness (QED) is 0.534. The van der Waals surface area contributed by atoms with E-state index >= 15 is 0 Å². The second kappa shape index (κ2) is 4.81. The Hall–Kier alpha value is -1.10. The first kappa shape index (κ1) is 11.9. The van der Waals surface area contributed by atoms with E-state index in [9.17, 15) is 13.2 Å². The van der Waals surface area contributed by atoms with E-state index in [0.29, 0.717) is 4.31 Å². The Bertz CT molecular complexity index is 316. The van der Waals surface area contributed by atoms with E-state index in [4.69, 9.17) is 11.5 Å². The number of carboxylic acid groups (broad SMARTS) is 1. The number of aliphatic carboxylic acids is 1. The van der Waals surface area contributed by atoms with Crippen LogP contribution in [0.2, 0.25) is 0 Å². The maximum atomic E-state index is 11.1. The van der Waals surface area contributed by atoms with Crippen molar-refractivity contribution in [2.24, 2.45) is 0 Å². The van der Waals surface area contributed by atoms with Crippen LogP contribution in [-0.4, -0.2) is 43.9 Å².